The van der Waals surface area contributed by atoms with Crippen LogP contribution in [0, 0.1) is 0 Å². The molecule has 0 radical (unpaired) electrons. The number of allylic oxidation sites excluding steroid dienone is 2. The van der Waals surface area contributed by atoms with Crippen LogP contribution in [0.5, 0.6) is 0 Å². The Bertz CT molecular complexity index is 380. The quantitative estimate of drug-likeness (QED) is 0.603. The Morgan fingerprint density at radius 1 is 1.33 bits per heavy atom. The van der Waals surface area contributed by atoms with Crippen molar-refractivity contribution in [2.75, 3.05) is 0 Å². The van der Waals surface area contributed by atoms with E-state index in [1.54, 1.807) is 0 Å². The van der Waals surface area contributed by atoms with E-state index in [0.29, 0.717) is 5.70 Å². The fraction of sp³-hybridized carbons (Fsp3) is 0.308. The van der Waals surface area contributed by atoms with E-state index >= 15 is 0 Å². The Morgan fingerprint density at radius 3 is 2.53 bits per heavy atom. The van der Waals surface area contributed by atoms with E-state index in [4.69, 9.17) is 5.73 Å². The van der Waals surface area contributed by atoms with Gasteiger partial charge in [0.1, 0.15) is 0 Å². The maximum absolute atomic E-state index is 10.7. The fourth-order valence-corrected chi connectivity index (χ4v) is 1.74. The zero-order valence-electron chi connectivity index (χ0n) is 9.29. The largest absolute Gasteiger partial charge is 0.396 e. The third-order valence-electron chi connectivity index (χ3n) is 2.55. The van der Waals surface area contributed by atoms with Crippen LogP contribution in [0.2, 0.25) is 0 Å². The molecule has 0 fully saturated rings. The van der Waals surface area contributed by atoms with Crippen molar-refractivity contribution in [3.05, 3.63) is 41.1 Å². The Labute approximate surface area is 90.8 Å². The van der Waals surface area contributed by atoms with E-state index in [-0.39, 0.29) is 0 Å². The first kappa shape index (κ1) is 11.5. The summed E-state index contributed by atoms with van der Waals surface area (Å²) in [6.07, 6.45) is 2.46. The fourth-order valence-electron chi connectivity index (χ4n) is 1.74. The predicted molar refractivity (Wildman–Crippen MR) is 63.3 cm³/mol. The topological polar surface area (TPSA) is 43.1 Å². The van der Waals surface area contributed by atoms with Gasteiger partial charge in [0.15, 0.2) is 6.29 Å². The highest BCUT2D eigenvalue weighted by molar-refractivity contribution is 5.87. The number of aldehydes is 1. The van der Waals surface area contributed by atoms with Crippen LogP contribution in [0.15, 0.2) is 30.0 Å². The van der Waals surface area contributed by atoms with Crippen molar-refractivity contribution < 1.29 is 4.79 Å². The summed E-state index contributed by atoms with van der Waals surface area (Å²) in [5.41, 5.74) is 9.33. The molecule has 0 aliphatic rings. The Morgan fingerprint density at radius 2 is 2.00 bits per heavy atom. The lowest BCUT2D eigenvalue weighted by atomic mass is 9.95. The molecule has 0 atom stereocenters. The lowest BCUT2D eigenvalue weighted by molar-refractivity contribution is -0.104. The van der Waals surface area contributed by atoms with Gasteiger partial charge < -0.3 is 5.73 Å². The second-order valence-corrected chi connectivity index (χ2v) is 3.42. The minimum atomic E-state index is 0.346. The molecule has 2 heteroatoms. The van der Waals surface area contributed by atoms with Gasteiger partial charge in [0.25, 0.3) is 0 Å². The number of hydrogen-bond donors (Lipinski definition) is 1. The zero-order valence-corrected chi connectivity index (χ0v) is 9.29. The molecule has 0 aliphatic carbocycles. The van der Waals surface area contributed by atoms with Gasteiger partial charge >= 0.3 is 0 Å². The van der Waals surface area contributed by atoms with Crippen molar-refractivity contribution in [3.8, 4) is 0 Å². The smallest absolute Gasteiger partial charge is 0.166 e. The molecule has 0 spiro atoms. The first-order chi connectivity index (χ1) is 7.24. The summed E-state index contributed by atoms with van der Waals surface area (Å²) in [5, 5.41) is 0. The molecule has 1 aromatic carbocycles. The molecule has 0 saturated heterocycles. The third kappa shape index (κ3) is 2.46. The predicted octanol–water partition coefficient (Wildman–Crippen LogP) is 2.53. The van der Waals surface area contributed by atoms with E-state index in [9.17, 15) is 4.79 Å². The highest BCUT2D eigenvalue weighted by Gasteiger charge is 2.07. The molecule has 2 N–H and O–H groups in total. The Balaban J connectivity index is 3.30. The zero-order chi connectivity index (χ0) is 11.3. The van der Waals surface area contributed by atoms with Gasteiger partial charge in [-0.2, -0.15) is 0 Å². The first-order valence-electron chi connectivity index (χ1n) is 5.26. The maximum Gasteiger partial charge on any atom is 0.166 e. The standard InChI is InChI=1S/C13H17NO/c1-3-10-7-5-6-8-12(10)11(4-2)13(14)9-15/h5-9H,3-4,14H2,1-2H3. The molecule has 0 saturated carbocycles. The normalized spacial score (nSPS) is 12.1. The van der Waals surface area contributed by atoms with E-state index in [1.165, 1.54) is 5.56 Å². The van der Waals surface area contributed by atoms with Crippen LogP contribution in [0.4, 0.5) is 0 Å². The monoisotopic (exact) mass is 203 g/mol. The van der Waals surface area contributed by atoms with E-state index < -0.39 is 0 Å². The van der Waals surface area contributed by atoms with Crippen LogP contribution in [0.25, 0.3) is 5.57 Å². The molecule has 0 amide bonds. The number of rotatable bonds is 4. The van der Waals surface area contributed by atoms with Crippen molar-refractivity contribution in [3.63, 3.8) is 0 Å². The van der Waals surface area contributed by atoms with Crippen molar-refractivity contribution in [1.29, 1.82) is 0 Å². The van der Waals surface area contributed by atoms with Gasteiger partial charge in [0.2, 0.25) is 0 Å². The van der Waals surface area contributed by atoms with Crippen LogP contribution in [0.1, 0.15) is 31.4 Å². The number of carbonyl (C=O) groups is 1. The summed E-state index contributed by atoms with van der Waals surface area (Å²) in [6.45, 7) is 4.11. The molecule has 0 aliphatic heterocycles. The van der Waals surface area contributed by atoms with Gasteiger partial charge in [0.05, 0.1) is 5.70 Å². The van der Waals surface area contributed by atoms with Crippen molar-refractivity contribution in [2.24, 2.45) is 5.73 Å². The number of hydrogen-bond acceptors (Lipinski definition) is 2. The number of aryl methyl sites for hydroxylation is 1. The molecule has 0 heterocycles. The molecular formula is C13H17NO. The van der Waals surface area contributed by atoms with E-state index in [2.05, 4.69) is 13.0 Å². The summed E-state index contributed by atoms with van der Waals surface area (Å²) in [4.78, 5) is 10.7. The van der Waals surface area contributed by atoms with Crippen LogP contribution in [-0.2, 0) is 11.2 Å². The SMILES string of the molecule is CCC(=C(N)C=O)c1ccccc1CC. The number of carbonyl (C=O) groups excluding carboxylic acids is 1. The molecule has 0 unspecified atom stereocenters. The Hall–Kier alpha value is -1.57. The average Bonchev–Trinajstić information content (AvgIpc) is 2.30. The minimum Gasteiger partial charge on any atom is -0.396 e. The number of benzene rings is 1. The van der Waals surface area contributed by atoms with E-state index in [1.807, 2.05) is 25.1 Å². The molecule has 15 heavy (non-hydrogen) atoms. The average molecular weight is 203 g/mol. The summed E-state index contributed by atoms with van der Waals surface area (Å²) >= 11 is 0. The molecule has 1 rings (SSSR count). The van der Waals surface area contributed by atoms with Gasteiger partial charge in [-0.15, -0.1) is 0 Å². The minimum absolute atomic E-state index is 0.346. The lowest BCUT2D eigenvalue weighted by Gasteiger charge is -2.11. The lowest BCUT2D eigenvalue weighted by Crippen LogP contribution is -2.04. The van der Waals surface area contributed by atoms with Crippen LogP contribution in [-0.4, -0.2) is 6.29 Å². The molecular weight excluding hydrogens is 186 g/mol. The molecule has 1 aromatic rings. The maximum atomic E-state index is 10.7. The number of nitrogens with two attached hydrogens (primary N) is 1. The van der Waals surface area contributed by atoms with Gasteiger partial charge in [-0.3, -0.25) is 4.79 Å². The van der Waals surface area contributed by atoms with Crippen molar-refractivity contribution in [2.45, 2.75) is 26.7 Å². The molecule has 80 valence electrons. The molecule has 0 bridgehead atoms. The van der Waals surface area contributed by atoms with Crippen molar-refractivity contribution >= 4 is 11.9 Å². The molecule has 0 aromatic heterocycles. The third-order valence-corrected chi connectivity index (χ3v) is 2.55. The van der Waals surface area contributed by atoms with Gasteiger partial charge in [-0.25, -0.2) is 0 Å². The summed E-state index contributed by atoms with van der Waals surface area (Å²) < 4.78 is 0. The molecule has 2 nitrogen and oxygen atoms in total. The van der Waals surface area contributed by atoms with Gasteiger partial charge in [-0.1, -0.05) is 38.1 Å². The Kier molecular flexibility index (Phi) is 4.10. The second kappa shape index (κ2) is 5.35. The summed E-state index contributed by atoms with van der Waals surface area (Å²) in [7, 11) is 0. The summed E-state index contributed by atoms with van der Waals surface area (Å²) in [5.74, 6) is 0. The van der Waals surface area contributed by atoms with Crippen LogP contribution < -0.4 is 5.73 Å². The highest BCUT2D eigenvalue weighted by Crippen LogP contribution is 2.23. The highest BCUT2D eigenvalue weighted by atomic mass is 16.1. The van der Waals surface area contributed by atoms with Crippen LogP contribution >= 0.6 is 0 Å². The second-order valence-electron chi connectivity index (χ2n) is 3.42. The summed E-state index contributed by atoms with van der Waals surface area (Å²) in [6, 6.07) is 8.08. The first-order valence-corrected chi connectivity index (χ1v) is 5.26. The van der Waals surface area contributed by atoms with Gasteiger partial charge in [-0.05, 0) is 29.5 Å². The van der Waals surface area contributed by atoms with E-state index in [0.717, 1.165) is 30.3 Å². The van der Waals surface area contributed by atoms with Crippen molar-refractivity contribution in [1.82, 2.24) is 0 Å². The van der Waals surface area contributed by atoms with Crippen LogP contribution in [0.3, 0.4) is 0 Å². The van der Waals surface area contributed by atoms with Gasteiger partial charge in [0, 0.05) is 0 Å².